The average Bonchev–Trinajstić information content (AvgIpc) is 3.40. The number of rotatable bonds is 6. The summed E-state index contributed by atoms with van der Waals surface area (Å²) in [6.07, 6.45) is 10.8. The Labute approximate surface area is 132 Å². The summed E-state index contributed by atoms with van der Waals surface area (Å²) in [5.74, 6) is 1.35. The van der Waals surface area contributed by atoms with Crippen LogP contribution in [-0.2, 0) is 0 Å². The molecule has 5 heteroatoms. The lowest BCUT2D eigenvalue weighted by atomic mass is 10.0. The van der Waals surface area contributed by atoms with Gasteiger partial charge < -0.3 is 5.32 Å². The third kappa shape index (κ3) is 3.83. The molecule has 1 saturated heterocycles. The fourth-order valence-corrected chi connectivity index (χ4v) is 3.24. The van der Waals surface area contributed by atoms with Crippen LogP contribution < -0.4 is 5.32 Å². The van der Waals surface area contributed by atoms with E-state index >= 15 is 0 Å². The molecule has 0 bridgehead atoms. The molecule has 0 aromatic carbocycles. The second-order valence-electron chi connectivity index (χ2n) is 6.45. The molecule has 2 fully saturated rings. The molecule has 2 heterocycles. The maximum atomic E-state index is 12.1. The predicted molar refractivity (Wildman–Crippen MR) is 85.8 cm³/mol. The van der Waals surface area contributed by atoms with Gasteiger partial charge in [0, 0.05) is 37.4 Å². The minimum atomic E-state index is -0.0626. The molecule has 1 atom stereocenters. The zero-order chi connectivity index (χ0) is 15.4. The van der Waals surface area contributed by atoms with Gasteiger partial charge in [0.2, 0.25) is 0 Å². The molecule has 1 aromatic heterocycles. The number of amides is 1. The van der Waals surface area contributed by atoms with E-state index in [-0.39, 0.29) is 5.91 Å². The number of likely N-dealkylation sites (tertiary alicyclic amines) is 1. The predicted octanol–water partition coefficient (Wildman–Crippen LogP) is 2.35. The van der Waals surface area contributed by atoms with E-state index in [9.17, 15) is 4.79 Å². The monoisotopic (exact) mass is 302 g/mol. The van der Waals surface area contributed by atoms with Crippen LogP contribution in [0.25, 0.3) is 0 Å². The molecule has 1 saturated carbocycles. The summed E-state index contributed by atoms with van der Waals surface area (Å²) in [6, 6.07) is 0.687. The first kappa shape index (κ1) is 15.4. The summed E-state index contributed by atoms with van der Waals surface area (Å²) in [7, 11) is 0. The van der Waals surface area contributed by atoms with Crippen LogP contribution in [0.4, 0.5) is 0 Å². The molecule has 1 aliphatic carbocycles. The minimum Gasteiger partial charge on any atom is -0.351 e. The number of carbonyl (C=O) groups excluding carboxylic acids is 1. The first-order valence-corrected chi connectivity index (χ1v) is 8.62. The van der Waals surface area contributed by atoms with Crippen molar-refractivity contribution >= 4 is 5.91 Å². The SMILES string of the molecule is CCC1CCCCN1CCNC(=O)c1cnc(C2CC2)nc1. The topological polar surface area (TPSA) is 58.1 Å². The maximum Gasteiger partial charge on any atom is 0.254 e. The lowest BCUT2D eigenvalue weighted by Crippen LogP contribution is -2.43. The Morgan fingerprint density at radius 1 is 1.27 bits per heavy atom. The normalized spacial score (nSPS) is 22.5. The van der Waals surface area contributed by atoms with E-state index in [1.165, 1.54) is 38.5 Å². The summed E-state index contributed by atoms with van der Waals surface area (Å²) in [5.41, 5.74) is 0.565. The Morgan fingerprint density at radius 3 is 2.73 bits per heavy atom. The van der Waals surface area contributed by atoms with Gasteiger partial charge in [0.1, 0.15) is 5.82 Å². The van der Waals surface area contributed by atoms with Crippen LogP contribution in [0.2, 0.25) is 0 Å². The van der Waals surface area contributed by atoms with Crippen molar-refractivity contribution in [3.63, 3.8) is 0 Å². The highest BCUT2D eigenvalue weighted by Gasteiger charge is 2.26. The van der Waals surface area contributed by atoms with E-state index in [1.807, 2.05) is 0 Å². The first-order chi connectivity index (χ1) is 10.8. The van der Waals surface area contributed by atoms with Crippen molar-refractivity contribution < 1.29 is 4.79 Å². The molecule has 22 heavy (non-hydrogen) atoms. The highest BCUT2D eigenvalue weighted by molar-refractivity contribution is 5.93. The Bertz CT molecular complexity index is 498. The van der Waals surface area contributed by atoms with Crippen molar-refractivity contribution in [2.24, 2.45) is 0 Å². The van der Waals surface area contributed by atoms with E-state index in [4.69, 9.17) is 0 Å². The molecule has 0 spiro atoms. The molecule has 3 rings (SSSR count). The summed E-state index contributed by atoms with van der Waals surface area (Å²) < 4.78 is 0. The fraction of sp³-hybridized carbons (Fsp3) is 0.706. The summed E-state index contributed by atoms with van der Waals surface area (Å²) in [6.45, 7) is 5.04. The van der Waals surface area contributed by atoms with Crippen molar-refractivity contribution in [2.45, 2.75) is 57.4 Å². The minimum absolute atomic E-state index is 0.0626. The zero-order valence-corrected chi connectivity index (χ0v) is 13.4. The van der Waals surface area contributed by atoms with Gasteiger partial charge in [-0.25, -0.2) is 9.97 Å². The molecule has 1 aromatic rings. The van der Waals surface area contributed by atoms with Crippen molar-refractivity contribution in [1.29, 1.82) is 0 Å². The van der Waals surface area contributed by atoms with Gasteiger partial charge in [-0.05, 0) is 38.6 Å². The second kappa shape index (κ2) is 7.18. The number of aromatic nitrogens is 2. The molecule has 1 unspecified atom stereocenters. The molecule has 1 N–H and O–H groups in total. The van der Waals surface area contributed by atoms with Crippen LogP contribution in [0, 0.1) is 0 Å². The second-order valence-corrected chi connectivity index (χ2v) is 6.45. The number of nitrogens with one attached hydrogen (secondary N) is 1. The third-order valence-corrected chi connectivity index (χ3v) is 4.78. The van der Waals surface area contributed by atoms with Crippen molar-refractivity contribution in [3.05, 3.63) is 23.8 Å². The van der Waals surface area contributed by atoms with E-state index in [0.29, 0.717) is 24.1 Å². The number of hydrogen-bond acceptors (Lipinski definition) is 4. The molecule has 5 nitrogen and oxygen atoms in total. The van der Waals surface area contributed by atoms with Crippen LogP contribution in [0.5, 0.6) is 0 Å². The Morgan fingerprint density at radius 2 is 2.05 bits per heavy atom. The lowest BCUT2D eigenvalue weighted by molar-refractivity contribution is 0.0933. The standard InChI is InChI=1S/C17H26N4O/c1-2-15-5-3-4-9-21(15)10-8-18-17(22)14-11-19-16(20-12-14)13-6-7-13/h11-13,15H,2-10H2,1H3,(H,18,22). The van der Waals surface area contributed by atoms with Gasteiger partial charge in [0.05, 0.1) is 5.56 Å². The molecule has 120 valence electrons. The van der Waals surface area contributed by atoms with Gasteiger partial charge in [0.15, 0.2) is 0 Å². The first-order valence-electron chi connectivity index (χ1n) is 8.62. The number of carbonyl (C=O) groups is 1. The van der Waals surface area contributed by atoms with E-state index in [2.05, 4.69) is 27.1 Å². The van der Waals surface area contributed by atoms with Gasteiger partial charge in [0.25, 0.3) is 5.91 Å². The summed E-state index contributed by atoms with van der Waals surface area (Å²) >= 11 is 0. The molecule has 2 aliphatic rings. The third-order valence-electron chi connectivity index (χ3n) is 4.78. The van der Waals surface area contributed by atoms with Crippen molar-refractivity contribution in [2.75, 3.05) is 19.6 Å². The van der Waals surface area contributed by atoms with Crippen LogP contribution in [0.15, 0.2) is 12.4 Å². The average molecular weight is 302 g/mol. The number of nitrogens with zero attached hydrogens (tertiary/aromatic N) is 3. The Hall–Kier alpha value is -1.49. The van der Waals surface area contributed by atoms with Crippen LogP contribution in [0.1, 0.15) is 67.5 Å². The summed E-state index contributed by atoms with van der Waals surface area (Å²) in [5, 5.41) is 2.99. The van der Waals surface area contributed by atoms with Crippen molar-refractivity contribution in [3.8, 4) is 0 Å². The van der Waals surface area contributed by atoms with E-state index in [1.54, 1.807) is 12.4 Å². The Kier molecular flexibility index (Phi) is 5.03. The molecular weight excluding hydrogens is 276 g/mol. The highest BCUT2D eigenvalue weighted by Crippen LogP contribution is 2.37. The maximum absolute atomic E-state index is 12.1. The summed E-state index contributed by atoms with van der Waals surface area (Å²) in [4.78, 5) is 23.2. The zero-order valence-electron chi connectivity index (χ0n) is 13.4. The van der Waals surface area contributed by atoms with Gasteiger partial charge in [-0.2, -0.15) is 0 Å². The van der Waals surface area contributed by atoms with Gasteiger partial charge >= 0.3 is 0 Å². The number of piperidine rings is 1. The molecular formula is C17H26N4O. The van der Waals surface area contributed by atoms with Gasteiger partial charge in [-0.1, -0.05) is 13.3 Å². The smallest absolute Gasteiger partial charge is 0.254 e. The largest absolute Gasteiger partial charge is 0.351 e. The van der Waals surface area contributed by atoms with E-state index in [0.717, 1.165) is 18.9 Å². The quantitative estimate of drug-likeness (QED) is 0.876. The lowest BCUT2D eigenvalue weighted by Gasteiger charge is -2.35. The fourth-order valence-electron chi connectivity index (χ4n) is 3.24. The molecule has 0 radical (unpaired) electrons. The van der Waals surface area contributed by atoms with Gasteiger partial charge in [-0.15, -0.1) is 0 Å². The number of hydrogen-bond donors (Lipinski definition) is 1. The van der Waals surface area contributed by atoms with E-state index < -0.39 is 0 Å². The molecule has 1 amide bonds. The van der Waals surface area contributed by atoms with Crippen LogP contribution in [-0.4, -0.2) is 46.5 Å². The Balaban J connectivity index is 1.45. The van der Waals surface area contributed by atoms with Crippen molar-refractivity contribution in [1.82, 2.24) is 20.2 Å². The van der Waals surface area contributed by atoms with Crippen LogP contribution >= 0.6 is 0 Å². The van der Waals surface area contributed by atoms with Crippen LogP contribution in [0.3, 0.4) is 0 Å². The molecule has 1 aliphatic heterocycles. The van der Waals surface area contributed by atoms with Gasteiger partial charge in [-0.3, -0.25) is 9.69 Å². The highest BCUT2D eigenvalue weighted by atomic mass is 16.1.